The van der Waals surface area contributed by atoms with Crippen molar-refractivity contribution in [2.75, 3.05) is 61.8 Å². The molecule has 10 rings (SSSR count). The molecule has 3 aliphatic carbocycles. The third kappa shape index (κ3) is 6.85. The first kappa shape index (κ1) is 43.5. The molecule has 5 unspecified atom stereocenters. The second-order valence-corrected chi connectivity index (χ2v) is 20.1. The fourth-order valence-corrected chi connectivity index (χ4v) is 12.2. The van der Waals surface area contributed by atoms with E-state index in [9.17, 15) is 33.5 Å². The van der Waals surface area contributed by atoms with Crippen molar-refractivity contribution in [2.45, 2.75) is 44.6 Å². The molecular weight excluding hydrogens is 894 g/mol. The summed E-state index contributed by atoms with van der Waals surface area (Å²) in [6.45, 7) is 3.08. The Morgan fingerprint density at radius 1 is 0.708 bits per heavy atom. The lowest BCUT2D eigenvalue weighted by molar-refractivity contribution is -0.134. The number of phosphoric ester groups is 1. The molecule has 3 saturated carbocycles. The maximum Gasteiger partial charge on any atom is 0.524 e. The minimum absolute atomic E-state index is 0.0292. The van der Waals surface area contributed by atoms with Crippen LogP contribution in [0.15, 0.2) is 84.9 Å². The molecule has 5 atom stereocenters. The topological polar surface area (TPSA) is 166 Å². The van der Waals surface area contributed by atoms with E-state index in [-0.39, 0.29) is 73.2 Å². The van der Waals surface area contributed by atoms with Gasteiger partial charge >= 0.3 is 20.0 Å². The fraction of sp³-hybridized carbons (Fsp3) is 0.375. The predicted molar refractivity (Wildman–Crippen MR) is 246 cm³/mol. The van der Waals surface area contributed by atoms with E-state index < -0.39 is 36.3 Å². The van der Waals surface area contributed by atoms with Gasteiger partial charge in [-0.1, -0.05) is 78.4 Å². The van der Waals surface area contributed by atoms with E-state index in [0.717, 1.165) is 27.6 Å². The normalized spacial score (nSPS) is 24.4. The summed E-state index contributed by atoms with van der Waals surface area (Å²) in [6.07, 6.45) is 0.300. The second-order valence-electron chi connectivity index (χ2n) is 18.3. The van der Waals surface area contributed by atoms with Gasteiger partial charge in [0.1, 0.15) is 18.1 Å². The molecule has 17 heteroatoms. The Labute approximate surface area is 385 Å². The van der Waals surface area contributed by atoms with Crippen LogP contribution in [-0.2, 0) is 25.5 Å². The molecule has 4 amide bonds. The number of amides is 4. The van der Waals surface area contributed by atoms with Crippen molar-refractivity contribution in [3.63, 3.8) is 0 Å². The molecule has 2 aliphatic heterocycles. The summed E-state index contributed by atoms with van der Waals surface area (Å²) in [5, 5.41) is 2.71. The molecule has 2 N–H and O–H groups in total. The van der Waals surface area contributed by atoms with Crippen molar-refractivity contribution < 1.29 is 47.5 Å². The van der Waals surface area contributed by atoms with Crippen molar-refractivity contribution in [3.05, 3.63) is 107 Å². The number of hydrogen-bond acceptors (Lipinski definition) is 8. The van der Waals surface area contributed by atoms with Crippen molar-refractivity contribution in [2.24, 2.45) is 16.2 Å². The van der Waals surface area contributed by atoms with Gasteiger partial charge in [0.15, 0.2) is 0 Å². The summed E-state index contributed by atoms with van der Waals surface area (Å²) in [5.41, 5.74) is 2.80. The van der Waals surface area contributed by atoms with Gasteiger partial charge in [-0.15, -0.1) is 23.2 Å². The number of nitrogens with zero attached hydrogens (tertiary/aromatic N) is 4. The van der Waals surface area contributed by atoms with Gasteiger partial charge in [-0.3, -0.25) is 19.4 Å². The highest BCUT2D eigenvalue weighted by atomic mass is 35.5. The van der Waals surface area contributed by atoms with Gasteiger partial charge < -0.3 is 33.6 Å². The van der Waals surface area contributed by atoms with Crippen LogP contribution < -0.4 is 19.1 Å². The number of carbonyl (C=O) groups is 4. The monoisotopic (exact) mass is 940 g/mol. The van der Waals surface area contributed by atoms with Gasteiger partial charge in [-0.05, 0) is 53.6 Å². The lowest BCUT2D eigenvalue weighted by Crippen LogP contribution is -2.49. The summed E-state index contributed by atoms with van der Waals surface area (Å²) in [6, 6.07) is 25.7. The maximum absolute atomic E-state index is 15.0. The Kier molecular flexibility index (Phi) is 10.5. The van der Waals surface area contributed by atoms with Gasteiger partial charge in [0, 0.05) is 92.2 Å². The molecule has 0 aromatic heterocycles. The van der Waals surface area contributed by atoms with Crippen LogP contribution in [0.4, 0.5) is 21.0 Å². The SMILES string of the molecule is Cc1ccc(COC(=O)N(C)CCN(C)C(=O)Oc2cc3c(c4ccccc24)C(CCl)CN3C(=O)C23CC4(C(=O)N5CC(CCl)c6c5cc(OP(=O)(O)O)c5ccccc65)CC24C3)cc1. The molecule has 5 aliphatic rings. The van der Waals surface area contributed by atoms with E-state index in [2.05, 4.69) is 0 Å². The van der Waals surface area contributed by atoms with Crippen LogP contribution in [0.1, 0.15) is 53.4 Å². The molecule has 65 heavy (non-hydrogen) atoms. The van der Waals surface area contributed by atoms with E-state index in [1.165, 1.54) is 15.9 Å². The molecule has 5 aromatic rings. The minimum Gasteiger partial charge on any atom is -0.445 e. The standard InChI is InChI=1S/C48H47Cl2N4O10P/c1-28-12-14-29(15-13-28)24-62-44(57)51(2)16-17-52(3)45(58)63-38-18-36-40(34-10-6-4-8-32(34)38)30(20-49)22-53(36)42(55)46-25-47(27-48(46,47)26-46)43(56)54-23-31(21-50)41-35-11-7-5-9-33(35)39(19-37(41)54)64-65(59,60)61/h4-15,18-19,30-31H,16-17,20-27H2,1-3H3,(H2,59,60,61). The highest BCUT2D eigenvalue weighted by Crippen LogP contribution is 3.01. The number of benzene rings is 5. The van der Waals surface area contributed by atoms with Crippen LogP contribution in [0, 0.1) is 23.2 Å². The van der Waals surface area contributed by atoms with E-state index >= 15 is 0 Å². The molecule has 338 valence electrons. The van der Waals surface area contributed by atoms with Crippen LogP contribution in [0.2, 0.25) is 0 Å². The smallest absolute Gasteiger partial charge is 0.445 e. The van der Waals surface area contributed by atoms with E-state index in [1.54, 1.807) is 42.1 Å². The summed E-state index contributed by atoms with van der Waals surface area (Å²) in [5.74, 6) is 0.0892. The van der Waals surface area contributed by atoms with Crippen LogP contribution in [-0.4, -0.2) is 95.6 Å². The summed E-state index contributed by atoms with van der Waals surface area (Å²) in [4.78, 5) is 81.9. The largest absolute Gasteiger partial charge is 0.524 e. The van der Waals surface area contributed by atoms with Gasteiger partial charge in [0.05, 0.1) is 22.2 Å². The summed E-state index contributed by atoms with van der Waals surface area (Å²) < 4.78 is 28.7. The first-order valence-corrected chi connectivity index (χ1v) is 24.1. The average molecular weight is 942 g/mol. The zero-order chi connectivity index (χ0) is 45.8. The quantitative estimate of drug-likeness (QED) is 0.0913. The number of halogens is 2. The average Bonchev–Trinajstić information content (AvgIpc) is 3.80. The van der Waals surface area contributed by atoms with Crippen molar-refractivity contribution in [1.82, 2.24) is 9.80 Å². The highest BCUT2D eigenvalue weighted by Gasteiger charge is 3.01. The first-order chi connectivity index (χ1) is 31.0. The second kappa shape index (κ2) is 15.6. The summed E-state index contributed by atoms with van der Waals surface area (Å²) in [7, 11) is -1.75. The van der Waals surface area contributed by atoms with Crippen LogP contribution in [0.5, 0.6) is 11.5 Å². The molecule has 3 fully saturated rings. The van der Waals surface area contributed by atoms with Gasteiger partial charge in [-0.25, -0.2) is 14.2 Å². The molecule has 14 nitrogen and oxygen atoms in total. The number of likely N-dealkylation sites (N-methyl/N-ethyl adjacent to an activating group) is 2. The zero-order valence-electron chi connectivity index (χ0n) is 36.0. The Morgan fingerprint density at radius 3 is 1.68 bits per heavy atom. The minimum atomic E-state index is -4.94. The number of aryl methyl sites for hydroxylation is 1. The van der Waals surface area contributed by atoms with E-state index in [1.807, 2.05) is 67.6 Å². The van der Waals surface area contributed by atoms with Gasteiger partial charge in [0.25, 0.3) is 0 Å². The molecule has 0 saturated heterocycles. The fourth-order valence-electron chi connectivity index (χ4n) is 11.2. The third-order valence-electron chi connectivity index (χ3n) is 14.6. The summed E-state index contributed by atoms with van der Waals surface area (Å²) >= 11 is 13.1. The number of carbonyl (C=O) groups excluding carboxylic acids is 4. The lowest BCUT2D eigenvalue weighted by Gasteiger charge is -2.37. The van der Waals surface area contributed by atoms with Crippen LogP contribution in [0.3, 0.4) is 0 Å². The third-order valence-corrected chi connectivity index (χ3v) is 15.8. The first-order valence-electron chi connectivity index (χ1n) is 21.5. The van der Waals surface area contributed by atoms with Gasteiger partial charge in [0.2, 0.25) is 11.8 Å². The zero-order valence-corrected chi connectivity index (χ0v) is 38.4. The number of phosphoric acid groups is 1. The lowest BCUT2D eigenvalue weighted by atomic mass is 9.72. The number of alkyl halides is 2. The molecule has 0 radical (unpaired) electrons. The van der Waals surface area contributed by atoms with Crippen molar-refractivity contribution in [3.8, 4) is 11.5 Å². The Balaban J connectivity index is 0.865. The van der Waals surface area contributed by atoms with Crippen molar-refractivity contribution in [1.29, 1.82) is 0 Å². The molecule has 5 aromatic carbocycles. The Morgan fingerprint density at radius 2 is 1.18 bits per heavy atom. The molecule has 1 spiro atoms. The van der Waals surface area contributed by atoms with E-state index in [0.29, 0.717) is 53.3 Å². The highest BCUT2D eigenvalue weighted by molar-refractivity contribution is 7.46. The number of anilines is 2. The van der Waals surface area contributed by atoms with E-state index in [4.69, 9.17) is 37.2 Å². The molecular formula is C48H47Cl2N4O10P. The molecule has 0 bridgehead atoms. The number of ether oxygens (including phenoxy) is 2. The number of fused-ring (bicyclic) bond motifs is 6. The predicted octanol–water partition coefficient (Wildman–Crippen LogP) is 8.68. The molecule has 2 heterocycles. The van der Waals surface area contributed by atoms with Crippen LogP contribution in [0.25, 0.3) is 21.5 Å². The number of rotatable bonds is 12. The van der Waals surface area contributed by atoms with Crippen molar-refractivity contribution >= 4 is 87.9 Å². The van der Waals surface area contributed by atoms with Crippen LogP contribution >= 0.6 is 31.0 Å². The Hall–Kier alpha value is -5.37. The Bertz CT molecular complexity index is 2890. The number of hydrogen-bond donors (Lipinski definition) is 2. The maximum atomic E-state index is 15.0. The van der Waals surface area contributed by atoms with Gasteiger partial charge in [-0.2, -0.15) is 0 Å².